The van der Waals surface area contributed by atoms with Crippen LogP contribution >= 0.6 is 0 Å². The zero-order valence-electron chi connectivity index (χ0n) is 14.8. The normalized spacial score (nSPS) is 16.1. The number of pyridine rings is 1. The molecule has 0 saturated carbocycles. The Morgan fingerprint density at radius 2 is 2.00 bits per heavy atom. The summed E-state index contributed by atoms with van der Waals surface area (Å²) >= 11 is 0. The number of rotatable bonds is 4. The molecule has 1 aliphatic rings. The van der Waals surface area contributed by atoms with Crippen LogP contribution in [0.25, 0.3) is 16.9 Å². The molecule has 136 valence electrons. The fraction of sp³-hybridized carbons (Fsp3) is 0.316. The molecule has 8 nitrogen and oxygen atoms in total. The van der Waals surface area contributed by atoms with Gasteiger partial charge in [-0.15, -0.1) is 10.2 Å². The number of likely N-dealkylation sites (tertiary alicyclic amines) is 1. The van der Waals surface area contributed by atoms with E-state index in [0.29, 0.717) is 5.92 Å². The molecule has 5 heterocycles. The zero-order chi connectivity index (χ0) is 18.1. The first kappa shape index (κ1) is 16.1. The van der Waals surface area contributed by atoms with Gasteiger partial charge < -0.3 is 4.42 Å². The van der Waals surface area contributed by atoms with E-state index in [1.54, 1.807) is 18.7 Å². The molecule has 4 aromatic heterocycles. The molecule has 0 bridgehead atoms. The third kappa shape index (κ3) is 3.19. The lowest BCUT2D eigenvalue weighted by atomic mass is 9.96. The van der Waals surface area contributed by atoms with Crippen LogP contribution in [0.15, 0.2) is 53.5 Å². The van der Waals surface area contributed by atoms with Gasteiger partial charge in [0.2, 0.25) is 5.89 Å². The van der Waals surface area contributed by atoms with E-state index < -0.39 is 0 Å². The lowest BCUT2D eigenvalue weighted by Crippen LogP contribution is -2.33. The van der Waals surface area contributed by atoms with Crippen LogP contribution in [0.4, 0.5) is 0 Å². The van der Waals surface area contributed by atoms with Crippen molar-refractivity contribution in [2.45, 2.75) is 25.3 Å². The minimum Gasteiger partial charge on any atom is -0.448 e. The van der Waals surface area contributed by atoms with Crippen molar-refractivity contribution < 1.29 is 4.42 Å². The molecule has 4 aromatic rings. The average Bonchev–Trinajstić information content (AvgIpc) is 3.39. The highest BCUT2D eigenvalue weighted by Crippen LogP contribution is 2.28. The van der Waals surface area contributed by atoms with Crippen molar-refractivity contribution in [2.24, 2.45) is 0 Å². The Morgan fingerprint density at radius 1 is 1.07 bits per heavy atom. The molecule has 5 rings (SSSR count). The van der Waals surface area contributed by atoms with Crippen LogP contribution in [-0.2, 0) is 6.54 Å². The summed E-state index contributed by atoms with van der Waals surface area (Å²) in [6.45, 7) is 2.71. The Morgan fingerprint density at radius 3 is 2.78 bits per heavy atom. The summed E-state index contributed by atoms with van der Waals surface area (Å²) in [5.74, 6) is 2.05. The molecule has 0 unspecified atom stereocenters. The Labute approximate surface area is 155 Å². The summed E-state index contributed by atoms with van der Waals surface area (Å²) in [6.07, 6.45) is 8.92. The summed E-state index contributed by atoms with van der Waals surface area (Å²) in [6, 6.07) is 7.84. The molecular formula is C19H19N7O. The minimum atomic E-state index is 0.345. The van der Waals surface area contributed by atoms with Crippen molar-refractivity contribution >= 4 is 5.65 Å². The maximum absolute atomic E-state index is 5.35. The number of fused-ring (bicyclic) bond motifs is 1. The topological polar surface area (TPSA) is 85.2 Å². The van der Waals surface area contributed by atoms with E-state index in [4.69, 9.17) is 9.52 Å². The van der Waals surface area contributed by atoms with E-state index in [0.717, 1.165) is 61.1 Å². The van der Waals surface area contributed by atoms with Gasteiger partial charge in [0, 0.05) is 23.9 Å². The Hall–Kier alpha value is -3.13. The molecule has 0 radical (unpaired) electrons. The first-order valence-corrected chi connectivity index (χ1v) is 9.10. The molecule has 1 saturated heterocycles. The second-order valence-corrected chi connectivity index (χ2v) is 6.76. The van der Waals surface area contributed by atoms with Crippen LogP contribution in [0.2, 0.25) is 0 Å². The fourth-order valence-electron chi connectivity index (χ4n) is 3.60. The van der Waals surface area contributed by atoms with Gasteiger partial charge in [0.15, 0.2) is 11.5 Å². The highest BCUT2D eigenvalue weighted by atomic mass is 16.3. The molecule has 0 spiro atoms. The van der Waals surface area contributed by atoms with E-state index in [1.165, 1.54) is 0 Å². The van der Waals surface area contributed by atoms with Crippen LogP contribution in [0.5, 0.6) is 0 Å². The summed E-state index contributed by atoms with van der Waals surface area (Å²) in [4.78, 5) is 10.8. The molecule has 0 aromatic carbocycles. The number of piperidine rings is 1. The van der Waals surface area contributed by atoms with E-state index in [2.05, 4.69) is 25.1 Å². The second kappa shape index (κ2) is 6.88. The summed E-state index contributed by atoms with van der Waals surface area (Å²) in [5, 5.41) is 13.5. The summed E-state index contributed by atoms with van der Waals surface area (Å²) in [5.41, 5.74) is 2.64. The summed E-state index contributed by atoms with van der Waals surface area (Å²) in [7, 11) is 0. The van der Waals surface area contributed by atoms with Gasteiger partial charge >= 0.3 is 0 Å². The highest BCUT2D eigenvalue weighted by molar-refractivity contribution is 5.58. The van der Waals surface area contributed by atoms with Crippen LogP contribution in [0.3, 0.4) is 0 Å². The van der Waals surface area contributed by atoms with Gasteiger partial charge in [0.05, 0.1) is 18.4 Å². The third-order valence-corrected chi connectivity index (χ3v) is 5.04. The maximum Gasteiger partial charge on any atom is 0.208 e. The zero-order valence-corrected chi connectivity index (χ0v) is 14.8. The number of hydrogen-bond donors (Lipinski definition) is 0. The first-order chi connectivity index (χ1) is 13.4. The van der Waals surface area contributed by atoms with Crippen LogP contribution < -0.4 is 0 Å². The van der Waals surface area contributed by atoms with Crippen LogP contribution in [0.1, 0.15) is 30.5 Å². The Kier molecular flexibility index (Phi) is 4.10. The smallest absolute Gasteiger partial charge is 0.208 e. The molecule has 0 amide bonds. The van der Waals surface area contributed by atoms with Gasteiger partial charge in [-0.25, -0.2) is 4.98 Å². The van der Waals surface area contributed by atoms with Gasteiger partial charge in [-0.1, -0.05) is 0 Å². The number of nitrogens with zero attached hydrogens (tertiary/aromatic N) is 7. The van der Waals surface area contributed by atoms with E-state index >= 15 is 0 Å². The third-order valence-electron chi connectivity index (χ3n) is 5.04. The van der Waals surface area contributed by atoms with Crippen molar-refractivity contribution in [1.82, 2.24) is 34.7 Å². The molecule has 0 atom stereocenters. The van der Waals surface area contributed by atoms with Gasteiger partial charge in [-0.05, 0) is 50.2 Å². The van der Waals surface area contributed by atoms with Crippen molar-refractivity contribution in [1.29, 1.82) is 0 Å². The van der Waals surface area contributed by atoms with Crippen molar-refractivity contribution in [3.63, 3.8) is 0 Å². The quantitative estimate of drug-likeness (QED) is 0.552. The second-order valence-electron chi connectivity index (χ2n) is 6.76. The van der Waals surface area contributed by atoms with Crippen molar-refractivity contribution in [3.8, 4) is 11.3 Å². The monoisotopic (exact) mass is 361 g/mol. The highest BCUT2D eigenvalue weighted by Gasteiger charge is 2.25. The fourth-order valence-corrected chi connectivity index (χ4v) is 3.60. The van der Waals surface area contributed by atoms with Gasteiger partial charge in [0.25, 0.3) is 0 Å². The molecule has 1 fully saturated rings. The average molecular weight is 361 g/mol. The van der Waals surface area contributed by atoms with Crippen LogP contribution in [0, 0.1) is 0 Å². The molecule has 27 heavy (non-hydrogen) atoms. The predicted octanol–water partition coefficient (Wildman–Crippen LogP) is 2.55. The Balaban J connectivity index is 1.36. The molecule has 8 heteroatoms. The molecule has 0 aliphatic carbocycles. The van der Waals surface area contributed by atoms with E-state index in [9.17, 15) is 0 Å². The number of aromatic nitrogens is 6. The lowest BCUT2D eigenvalue weighted by Gasteiger charge is -2.29. The standard InChI is InChI=1S/C19H19N7O/c1-2-15(12-20-7-1)16-3-4-17-22-23-19(26(17)24-16)14-5-9-25(10-6-14)13-18-21-8-11-27-18/h1-4,7-8,11-12,14H,5-6,9-10,13H2. The number of hydrogen-bond acceptors (Lipinski definition) is 7. The maximum atomic E-state index is 5.35. The van der Waals surface area contributed by atoms with Gasteiger partial charge in [0.1, 0.15) is 6.26 Å². The van der Waals surface area contributed by atoms with Gasteiger partial charge in [-0.3, -0.25) is 9.88 Å². The van der Waals surface area contributed by atoms with E-state index in [-0.39, 0.29) is 0 Å². The van der Waals surface area contributed by atoms with Crippen LogP contribution in [-0.4, -0.2) is 47.8 Å². The Bertz CT molecular complexity index is 1020. The molecule has 0 N–H and O–H groups in total. The first-order valence-electron chi connectivity index (χ1n) is 9.10. The lowest BCUT2D eigenvalue weighted by molar-refractivity contribution is 0.184. The largest absolute Gasteiger partial charge is 0.448 e. The van der Waals surface area contributed by atoms with E-state index in [1.807, 2.05) is 35.0 Å². The van der Waals surface area contributed by atoms with Gasteiger partial charge in [-0.2, -0.15) is 9.61 Å². The number of oxazole rings is 1. The molecular weight excluding hydrogens is 342 g/mol. The predicted molar refractivity (Wildman–Crippen MR) is 97.8 cm³/mol. The summed E-state index contributed by atoms with van der Waals surface area (Å²) < 4.78 is 7.24. The van der Waals surface area contributed by atoms with Crippen molar-refractivity contribution in [2.75, 3.05) is 13.1 Å². The van der Waals surface area contributed by atoms with Crippen molar-refractivity contribution in [3.05, 3.63) is 60.8 Å². The minimum absolute atomic E-state index is 0.345. The SMILES string of the molecule is c1cncc(-c2ccc3nnc(C4CCN(Cc5ncco5)CC4)n3n2)c1. The molecule has 1 aliphatic heterocycles.